The van der Waals surface area contributed by atoms with E-state index in [0.717, 1.165) is 13.0 Å². The average Bonchev–Trinajstić information content (AvgIpc) is 2.58. The first-order chi connectivity index (χ1) is 8.39. The van der Waals surface area contributed by atoms with Crippen molar-refractivity contribution in [2.45, 2.75) is 79.4 Å². The van der Waals surface area contributed by atoms with Gasteiger partial charge in [-0.3, -0.25) is 4.68 Å². The molecule has 1 N–H and O–H groups in total. The molecule has 0 saturated heterocycles. The van der Waals surface area contributed by atoms with Gasteiger partial charge in [-0.1, -0.05) is 20.8 Å². The molecule has 0 amide bonds. The molecule has 0 aliphatic carbocycles. The maximum Gasteiger partial charge on any atom is 0.0543 e. The summed E-state index contributed by atoms with van der Waals surface area (Å²) in [6.45, 7) is 18.8. The van der Waals surface area contributed by atoms with Crippen LogP contribution in [0.15, 0.2) is 12.4 Å². The molecule has 0 fully saturated rings. The Bertz CT molecular complexity index is 402. The van der Waals surface area contributed by atoms with Crippen molar-refractivity contribution in [3.05, 3.63) is 18.0 Å². The second-order valence-corrected chi connectivity index (χ2v) is 8.44. The molecule has 1 heterocycles. The highest BCUT2D eigenvalue weighted by Crippen LogP contribution is 2.27. The minimum atomic E-state index is 0.0547. The van der Waals surface area contributed by atoms with Crippen LogP contribution in [0.25, 0.3) is 0 Å². The smallest absolute Gasteiger partial charge is 0.0543 e. The molecule has 0 spiro atoms. The first-order valence-electron chi connectivity index (χ1n) is 7.18. The summed E-state index contributed by atoms with van der Waals surface area (Å²) in [6.07, 6.45) is 5.25. The van der Waals surface area contributed by atoms with Gasteiger partial charge in [-0.05, 0) is 46.5 Å². The van der Waals surface area contributed by atoms with Gasteiger partial charge >= 0.3 is 0 Å². The zero-order chi connectivity index (χ0) is 14.9. The number of hydrogen-bond donors (Lipinski definition) is 1. The van der Waals surface area contributed by atoms with Crippen LogP contribution in [0.3, 0.4) is 0 Å². The van der Waals surface area contributed by atoms with Gasteiger partial charge in [-0.15, -0.1) is 0 Å². The zero-order valence-corrected chi connectivity index (χ0v) is 14.0. The first-order valence-corrected chi connectivity index (χ1v) is 7.18. The lowest BCUT2D eigenvalue weighted by Gasteiger charge is -2.33. The Balaban J connectivity index is 2.60. The monoisotopic (exact) mass is 265 g/mol. The Morgan fingerprint density at radius 3 is 2.05 bits per heavy atom. The lowest BCUT2D eigenvalue weighted by atomic mass is 9.82. The Morgan fingerprint density at radius 2 is 1.63 bits per heavy atom. The predicted octanol–water partition coefficient (Wildman–Crippen LogP) is 3.94. The predicted molar refractivity (Wildman–Crippen MR) is 82.2 cm³/mol. The van der Waals surface area contributed by atoms with Crippen LogP contribution in [0.1, 0.15) is 67.4 Å². The first kappa shape index (κ1) is 16.2. The summed E-state index contributed by atoms with van der Waals surface area (Å²) in [5.41, 5.74) is 1.78. The number of nitrogens with zero attached hydrogens (tertiary/aromatic N) is 2. The summed E-state index contributed by atoms with van der Waals surface area (Å²) in [7, 11) is 0. The molecule has 1 aromatic heterocycles. The molecule has 110 valence electrons. The standard InChI is InChI=1S/C16H31N3/c1-14(2,3)12-16(7,8)17-9-13-10-18-19(11-13)15(4,5)6/h10-11,17H,9,12H2,1-8H3. The van der Waals surface area contributed by atoms with E-state index in [1.165, 1.54) is 5.56 Å². The summed E-state index contributed by atoms with van der Waals surface area (Å²) < 4.78 is 2.03. The Labute approximate surface area is 118 Å². The number of nitrogens with one attached hydrogen (secondary N) is 1. The molecule has 19 heavy (non-hydrogen) atoms. The molecule has 3 nitrogen and oxygen atoms in total. The fourth-order valence-corrected chi connectivity index (χ4v) is 2.55. The lowest BCUT2D eigenvalue weighted by Crippen LogP contribution is -2.41. The van der Waals surface area contributed by atoms with Gasteiger partial charge in [0, 0.05) is 23.8 Å². The SMILES string of the molecule is CC(C)(C)CC(C)(C)NCc1cnn(C(C)(C)C)c1. The molecule has 0 radical (unpaired) electrons. The minimum absolute atomic E-state index is 0.0547. The fourth-order valence-electron chi connectivity index (χ4n) is 2.55. The summed E-state index contributed by atoms with van der Waals surface area (Å²) in [6, 6.07) is 0. The van der Waals surface area contributed by atoms with Crippen LogP contribution in [-0.2, 0) is 12.1 Å². The van der Waals surface area contributed by atoms with Crippen molar-refractivity contribution in [1.29, 1.82) is 0 Å². The number of hydrogen-bond acceptors (Lipinski definition) is 2. The van der Waals surface area contributed by atoms with Crippen molar-refractivity contribution in [2.75, 3.05) is 0 Å². The highest BCUT2D eigenvalue weighted by molar-refractivity contribution is 5.05. The molecular weight excluding hydrogens is 234 g/mol. The van der Waals surface area contributed by atoms with Crippen molar-refractivity contribution in [2.24, 2.45) is 5.41 Å². The Morgan fingerprint density at radius 1 is 1.05 bits per heavy atom. The van der Waals surface area contributed by atoms with Gasteiger partial charge in [-0.25, -0.2) is 0 Å². The van der Waals surface area contributed by atoms with Gasteiger partial charge in [0.15, 0.2) is 0 Å². The summed E-state index contributed by atoms with van der Waals surface area (Å²) >= 11 is 0. The van der Waals surface area contributed by atoms with E-state index in [2.05, 4.69) is 72.0 Å². The van der Waals surface area contributed by atoms with Gasteiger partial charge in [0.2, 0.25) is 0 Å². The summed E-state index contributed by atoms with van der Waals surface area (Å²) in [5, 5.41) is 8.08. The van der Waals surface area contributed by atoms with E-state index < -0.39 is 0 Å². The number of aromatic nitrogens is 2. The second-order valence-electron chi connectivity index (χ2n) is 8.44. The van der Waals surface area contributed by atoms with Crippen molar-refractivity contribution >= 4 is 0 Å². The van der Waals surface area contributed by atoms with Gasteiger partial charge in [0.25, 0.3) is 0 Å². The van der Waals surface area contributed by atoms with Crippen LogP contribution in [0.2, 0.25) is 0 Å². The van der Waals surface area contributed by atoms with E-state index in [1.54, 1.807) is 0 Å². The number of rotatable bonds is 4. The van der Waals surface area contributed by atoms with Gasteiger partial charge < -0.3 is 5.32 Å². The molecule has 0 aliphatic heterocycles. The molecule has 1 rings (SSSR count). The van der Waals surface area contributed by atoms with Crippen LogP contribution in [0.5, 0.6) is 0 Å². The summed E-state index contributed by atoms with van der Waals surface area (Å²) in [5.74, 6) is 0. The third kappa shape index (κ3) is 5.77. The zero-order valence-electron chi connectivity index (χ0n) is 14.0. The topological polar surface area (TPSA) is 29.9 Å². The largest absolute Gasteiger partial charge is 0.308 e. The third-order valence-electron chi connectivity index (χ3n) is 3.07. The van der Waals surface area contributed by atoms with Crippen LogP contribution >= 0.6 is 0 Å². The molecule has 0 atom stereocenters. The van der Waals surface area contributed by atoms with Crippen molar-refractivity contribution in [3.8, 4) is 0 Å². The van der Waals surface area contributed by atoms with E-state index in [0.29, 0.717) is 5.41 Å². The molecule has 0 aliphatic rings. The van der Waals surface area contributed by atoms with Crippen molar-refractivity contribution in [3.63, 3.8) is 0 Å². The quantitative estimate of drug-likeness (QED) is 0.893. The van der Waals surface area contributed by atoms with Crippen LogP contribution in [-0.4, -0.2) is 15.3 Å². The minimum Gasteiger partial charge on any atom is -0.308 e. The highest BCUT2D eigenvalue weighted by Gasteiger charge is 2.25. The third-order valence-corrected chi connectivity index (χ3v) is 3.07. The van der Waals surface area contributed by atoms with Crippen LogP contribution in [0.4, 0.5) is 0 Å². The lowest BCUT2D eigenvalue weighted by molar-refractivity contribution is 0.240. The molecule has 0 bridgehead atoms. The highest BCUT2D eigenvalue weighted by atomic mass is 15.3. The van der Waals surface area contributed by atoms with E-state index in [4.69, 9.17) is 0 Å². The maximum atomic E-state index is 4.44. The van der Waals surface area contributed by atoms with Crippen LogP contribution < -0.4 is 5.32 Å². The van der Waals surface area contributed by atoms with E-state index in [9.17, 15) is 0 Å². The second kappa shape index (κ2) is 5.28. The molecule has 3 heteroatoms. The average molecular weight is 265 g/mol. The van der Waals surface area contributed by atoms with E-state index >= 15 is 0 Å². The van der Waals surface area contributed by atoms with Gasteiger partial charge in [-0.2, -0.15) is 5.10 Å². The molecule has 0 saturated carbocycles. The molecule has 0 unspecified atom stereocenters. The fraction of sp³-hybridized carbons (Fsp3) is 0.812. The van der Waals surface area contributed by atoms with Crippen LogP contribution in [0, 0.1) is 5.41 Å². The Kier molecular flexibility index (Phi) is 4.51. The van der Waals surface area contributed by atoms with E-state index in [1.807, 2.05) is 10.9 Å². The molecular formula is C16H31N3. The van der Waals surface area contributed by atoms with Crippen molar-refractivity contribution < 1.29 is 0 Å². The molecule has 1 aromatic rings. The van der Waals surface area contributed by atoms with Gasteiger partial charge in [0.05, 0.1) is 11.7 Å². The maximum absolute atomic E-state index is 4.44. The Hall–Kier alpha value is -0.830. The van der Waals surface area contributed by atoms with E-state index in [-0.39, 0.29) is 11.1 Å². The normalized spacial score (nSPS) is 13.9. The van der Waals surface area contributed by atoms with Crippen molar-refractivity contribution in [1.82, 2.24) is 15.1 Å². The van der Waals surface area contributed by atoms with Gasteiger partial charge in [0.1, 0.15) is 0 Å². The molecule has 0 aromatic carbocycles. The summed E-state index contributed by atoms with van der Waals surface area (Å²) in [4.78, 5) is 0.